The van der Waals surface area contributed by atoms with Gasteiger partial charge < -0.3 is 0 Å². The molecule has 0 N–H and O–H groups in total. The molecule has 0 amide bonds. The van der Waals surface area contributed by atoms with Gasteiger partial charge in [0.15, 0.2) is 5.78 Å². The smallest absolute Gasteiger partial charge is 0.169 e. The molecular formula is C7H9BrO. The zero-order valence-corrected chi connectivity index (χ0v) is 6.78. The molecule has 0 atom stereocenters. The van der Waals surface area contributed by atoms with Crippen LogP contribution in [0, 0.1) is 0 Å². The first kappa shape index (κ1) is 7.00. The van der Waals surface area contributed by atoms with Gasteiger partial charge in [0.25, 0.3) is 0 Å². The van der Waals surface area contributed by atoms with Gasteiger partial charge in [-0.25, -0.2) is 0 Å². The van der Waals surface area contributed by atoms with Crippen LogP contribution >= 0.6 is 15.9 Å². The summed E-state index contributed by atoms with van der Waals surface area (Å²) in [5.41, 5.74) is 0. The Morgan fingerprint density at radius 1 is 1.44 bits per heavy atom. The maximum absolute atomic E-state index is 10.9. The van der Waals surface area contributed by atoms with Gasteiger partial charge in [-0.2, -0.15) is 0 Å². The number of hydrogen-bond acceptors (Lipinski definition) is 1. The molecule has 0 bridgehead atoms. The maximum Gasteiger partial charge on any atom is 0.169 e. The van der Waals surface area contributed by atoms with E-state index in [0.29, 0.717) is 0 Å². The Labute approximate surface area is 63.3 Å². The van der Waals surface area contributed by atoms with Gasteiger partial charge in [-0.1, -0.05) is 6.08 Å². The lowest BCUT2D eigenvalue weighted by molar-refractivity contribution is -0.114. The number of carbonyl (C=O) groups excluding carboxylic acids is 1. The lowest BCUT2D eigenvalue weighted by atomic mass is 10.2. The van der Waals surface area contributed by atoms with Crippen LogP contribution in [0.1, 0.15) is 25.7 Å². The van der Waals surface area contributed by atoms with Crippen molar-refractivity contribution in [1.29, 1.82) is 0 Å². The van der Waals surface area contributed by atoms with E-state index in [1.807, 2.05) is 6.08 Å². The lowest BCUT2D eigenvalue weighted by Crippen LogP contribution is -1.93. The Kier molecular flexibility index (Phi) is 2.46. The number of ketones is 1. The third kappa shape index (κ3) is 1.94. The van der Waals surface area contributed by atoms with Crippen LogP contribution in [-0.4, -0.2) is 5.78 Å². The van der Waals surface area contributed by atoms with Crippen molar-refractivity contribution in [1.82, 2.24) is 0 Å². The molecule has 0 fully saturated rings. The topological polar surface area (TPSA) is 17.1 Å². The molecule has 0 aromatic heterocycles. The number of halogens is 1. The Morgan fingerprint density at radius 2 is 2.22 bits per heavy atom. The SMILES string of the molecule is O=C1CCCCC=C1Br. The van der Waals surface area contributed by atoms with E-state index in [9.17, 15) is 4.79 Å². The van der Waals surface area contributed by atoms with E-state index < -0.39 is 0 Å². The van der Waals surface area contributed by atoms with E-state index in [0.717, 1.165) is 30.2 Å². The fourth-order valence-corrected chi connectivity index (χ4v) is 1.32. The maximum atomic E-state index is 10.9. The normalized spacial score (nSPS) is 21.0. The van der Waals surface area contributed by atoms with Crippen LogP contribution in [0.15, 0.2) is 10.6 Å². The summed E-state index contributed by atoms with van der Waals surface area (Å²) >= 11 is 3.22. The molecule has 9 heavy (non-hydrogen) atoms. The monoisotopic (exact) mass is 188 g/mol. The highest BCUT2D eigenvalue weighted by atomic mass is 79.9. The zero-order valence-electron chi connectivity index (χ0n) is 5.19. The number of carbonyl (C=O) groups is 1. The third-order valence-electron chi connectivity index (χ3n) is 1.45. The van der Waals surface area contributed by atoms with E-state index in [2.05, 4.69) is 15.9 Å². The van der Waals surface area contributed by atoms with Crippen molar-refractivity contribution in [3.8, 4) is 0 Å². The van der Waals surface area contributed by atoms with E-state index in [1.54, 1.807) is 0 Å². The molecule has 0 unspecified atom stereocenters. The van der Waals surface area contributed by atoms with Gasteiger partial charge in [0, 0.05) is 6.42 Å². The van der Waals surface area contributed by atoms with Crippen LogP contribution < -0.4 is 0 Å². The predicted molar refractivity (Wildman–Crippen MR) is 40.5 cm³/mol. The highest BCUT2D eigenvalue weighted by Gasteiger charge is 2.07. The first-order valence-electron chi connectivity index (χ1n) is 3.19. The summed E-state index contributed by atoms with van der Waals surface area (Å²) in [4.78, 5) is 10.9. The molecule has 0 aromatic carbocycles. The Hall–Kier alpha value is -0.110. The molecule has 2 heteroatoms. The summed E-state index contributed by atoms with van der Waals surface area (Å²) in [6, 6.07) is 0. The van der Waals surface area contributed by atoms with Crippen LogP contribution in [0.4, 0.5) is 0 Å². The summed E-state index contributed by atoms with van der Waals surface area (Å²) in [6.07, 6.45) is 5.93. The Balaban J connectivity index is 2.61. The van der Waals surface area contributed by atoms with Crippen molar-refractivity contribution < 1.29 is 4.79 Å². The van der Waals surface area contributed by atoms with Crippen molar-refractivity contribution in [2.75, 3.05) is 0 Å². The predicted octanol–water partition coefficient (Wildman–Crippen LogP) is 2.41. The van der Waals surface area contributed by atoms with Crippen molar-refractivity contribution in [2.45, 2.75) is 25.7 Å². The average Bonchev–Trinajstić information content (AvgIpc) is 1.99. The van der Waals surface area contributed by atoms with Crippen molar-refractivity contribution in [3.63, 3.8) is 0 Å². The van der Waals surface area contributed by atoms with Crippen LogP contribution in [0.5, 0.6) is 0 Å². The van der Waals surface area contributed by atoms with E-state index in [1.165, 1.54) is 0 Å². The second-order valence-corrected chi connectivity index (χ2v) is 3.08. The second-order valence-electron chi connectivity index (χ2n) is 2.22. The van der Waals surface area contributed by atoms with Crippen LogP contribution in [0.3, 0.4) is 0 Å². The Bertz CT molecular complexity index is 149. The molecule has 0 aromatic rings. The number of hydrogen-bond donors (Lipinski definition) is 0. The molecule has 0 spiro atoms. The van der Waals surface area contributed by atoms with Gasteiger partial charge in [-0.15, -0.1) is 0 Å². The second kappa shape index (κ2) is 3.16. The minimum absolute atomic E-state index is 0.257. The lowest BCUT2D eigenvalue weighted by Gasteiger charge is -1.90. The van der Waals surface area contributed by atoms with Gasteiger partial charge in [0.1, 0.15) is 0 Å². The van der Waals surface area contributed by atoms with Crippen molar-refractivity contribution >= 4 is 21.7 Å². The van der Waals surface area contributed by atoms with E-state index >= 15 is 0 Å². The van der Waals surface area contributed by atoms with Gasteiger partial charge in [-0.05, 0) is 35.2 Å². The van der Waals surface area contributed by atoms with E-state index in [4.69, 9.17) is 0 Å². The summed E-state index contributed by atoms with van der Waals surface area (Å²) < 4.78 is 0.778. The molecule has 0 aliphatic heterocycles. The summed E-state index contributed by atoms with van der Waals surface area (Å²) in [6.45, 7) is 0. The quantitative estimate of drug-likeness (QED) is 0.571. The highest BCUT2D eigenvalue weighted by Crippen LogP contribution is 2.17. The molecule has 0 saturated heterocycles. The minimum atomic E-state index is 0.257. The van der Waals surface area contributed by atoms with E-state index in [-0.39, 0.29) is 5.78 Å². The highest BCUT2D eigenvalue weighted by molar-refractivity contribution is 9.12. The standard InChI is InChI=1S/C7H9BrO/c8-6-4-2-1-3-5-7(6)9/h4H,1-3,5H2. The molecule has 0 saturated carbocycles. The van der Waals surface area contributed by atoms with Crippen molar-refractivity contribution in [2.24, 2.45) is 0 Å². The van der Waals surface area contributed by atoms with Gasteiger partial charge in [-0.3, -0.25) is 4.79 Å². The molecule has 1 aliphatic rings. The summed E-state index contributed by atoms with van der Waals surface area (Å²) in [5.74, 6) is 0.257. The van der Waals surface area contributed by atoms with Crippen LogP contribution in [-0.2, 0) is 4.79 Å². The minimum Gasteiger partial charge on any atom is -0.294 e. The number of rotatable bonds is 0. The molecule has 50 valence electrons. The average molecular weight is 189 g/mol. The molecule has 1 aliphatic carbocycles. The molecular weight excluding hydrogens is 180 g/mol. The van der Waals surface area contributed by atoms with Crippen molar-refractivity contribution in [3.05, 3.63) is 10.6 Å². The van der Waals surface area contributed by atoms with Gasteiger partial charge >= 0.3 is 0 Å². The molecule has 1 rings (SSSR count). The van der Waals surface area contributed by atoms with Crippen LogP contribution in [0.2, 0.25) is 0 Å². The van der Waals surface area contributed by atoms with Gasteiger partial charge in [0.05, 0.1) is 4.48 Å². The fourth-order valence-electron chi connectivity index (χ4n) is 0.892. The summed E-state index contributed by atoms with van der Waals surface area (Å²) in [7, 11) is 0. The largest absolute Gasteiger partial charge is 0.294 e. The van der Waals surface area contributed by atoms with Crippen LogP contribution in [0.25, 0.3) is 0 Å². The zero-order chi connectivity index (χ0) is 6.69. The molecule has 0 radical (unpaired) electrons. The Morgan fingerprint density at radius 3 is 3.00 bits per heavy atom. The van der Waals surface area contributed by atoms with Gasteiger partial charge in [0.2, 0.25) is 0 Å². The molecule has 1 nitrogen and oxygen atoms in total. The summed E-state index contributed by atoms with van der Waals surface area (Å²) in [5, 5.41) is 0. The fraction of sp³-hybridized carbons (Fsp3) is 0.571. The number of Topliss-reactive ketones (excluding diaryl/α,β-unsaturated/α-hetero) is 1. The molecule has 0 heterocycles. The third-order valence-corrected chi connectivity index (χ3v) is 2.21. The first-order valence-corrected chi connectivity index (χ1v) is 3.99. The number of allylic oxidation sites excluding steroid dienone is 2. The first-order chi connectivity index (χ1) is 4.30.